The van der Waals surface area contributed by atoms with E-state index < -0.39 is 0 Å². The van der Waals surface area contributed by atoms with Crippen LogP contribution in [-0.2, 0) is 0 Å². The Morgan fingerprint density at radius 2 is 0.615 bits per heavy atom. The fourth-order valence-corrected chi connectivity index (χ4v) is 3.74. The molecule has 0 aliphatic rings. The molecule has 0 aromatic rings. The highest BCUT2D eigenvalue weighted by atomic mass is 16.5. The third-order valence-corrected chi connectivity index (χ3v) is 5.62. The zero-order valence-corrected chi connectivity index (χ0v) is 18.5. The fourth-order valence-electron chi connectivity index (χ4n) is 3.74. The van der Waals surface area contributed by atoms with Crippen molar-refractivity contribution >= 4 is 0 Å². The molecule has 0 unspecified atom stereocenters. The maximum Gasteiger partial charge on any atom is 0.0768 e. The molecule has 0 saturated carbocycles. The summed E-state index contributed by atoms with van der Waals surface area (Å²) in [5.41, 5.74) is 0. The van der Waals surface area contributed by atoms with Gasteiger partial charge in [0, 0.05) is 0 Å². The Kier molecular flexibility index (Phi) is 22.9. The number of quaternary nitrogens is 1. The minimum Gasteiger partial charge on any atom is -0.634 e. The monoisotopic (exact) mass is 369 g/mol. The Labute approximate surface area is 166 Å². The van der Waals surface area contributed by atoms with Gasteiger partial charge in [-0.25, -0.2) is 0 Å². The number of rotatable bonds is 22. The van der Waals surface area contributed by atoms with E-state index in [9.17, 15) is 5.21 Å². The van der Waals surface area contributed by atoms with Gasteiger partial charge in [0.15, 0.2) is 0 Å². The van der Waals surface area contributed by atoms with E-state index in [1.165, 1.54) is 116 Å². The van der Waals surface area contributed by atoms with Crippen molar-refractivity contribution in [3.05, 3.63) is 5.21 Å². The summed E-state index contributed by atoms with van der Waals surface area (Å²) < 4.78 is 0. The van der Waals surface area contributed by atoms with Crippen molar-refractivity contribution in [1.29, 1.82) is 0 Å². The SMILES string of the molecule is CCCCCCCCCCCC[NH+]([O-])CCCCCCCCCCCC. The molecule has 2 heteroatoms. The third-order valence-electron chi connectivity index (χ3n) is 5.62. The summed E-state index contributed by atoms with van der Waals surface area (Å²) >= 11 is 0. The smallest absolute Gasteiger partial charge is 0.0768 e. The van der Waals surface area contributed by atoms with Crippen molar-refractivity contribution < 1.29 is 5.06 Å². The van der Waals surface area contributed by atoms with Crippen LogP contribution in [0.5, 0.6) is 0 Å². The van der Waals surface area contributed by atoms with Crippen molar-refractivity contribution in [2.45, 2.75) is 142 Å². The van der Waals surface area contributed by atoms with E-state index in [1.807, 2.05) is 0 Å². The molecular weight excluding hydrogens is 318 g/mol. The van der Waals surface area contributed by atoms with Crippen molar-refractivity contribution in [3.8, 4) is 0 Å². The van der Waals surface area contributed by atoms with E-state index in [-0.39, 0.29) is 0 Å². The summed E-state index contributed by atoms with van der Waals surface area (Å²) in [5.74, 6) is 0. The topological polar surface area (TPSA) is 27.5 Å². The Balaban J connectivity index is 3.12. The van der Waals surface area contributed by atoms with Crippen molar-refractivity contribution in [1.82, 2.24) is 0 Å². The molecule has 1 N–H and O–H groups in total. The second-order valence-electron chi connectivity index (χ2n) is 8.40. The average molecular weight is 370 g/mol. The molecule has 0 aliphatic carbocycles. The molecule has 158 valence electrons. The zero-order chi connectivity index (χ0) is 19.1. The van der Waals surface area contributed by atoms with Gasteiger partial charge in [-0.15, -0.1) is 0 Å². The lowest BCUT2D eigenvalue weighted by molar-refractivity contribution is -0.848. The van der Waals surface area contributed by atoms with Crippen LogP contribution in [0.15, 0.2) is 0 Å². The first-order valence-corrected chi connectivity index (χ1v) is 12.3. The number of nitrogens with one attached hydrogen (secondary N) is 1. The van der Waals surface area contributed by atoms with Gasteiger partial charge in [-0.1, -0.05) is 117 Å². The van der Waals surface area contributed by atoms with Gasteiger partial charge in [0.2, 0.25) is 0 Å². The predicted octanol–water partition coefficient (Wildman–Crippen LogP) is 7.21. The molecule has 0 bridgehead atoms. The third kappa shape index (κ3) is 22.0. The van der Waals surface area contributed by atoms with Gasteiger partial charge in [0.05, 0.1) is 13.1 Å². The first-order valence-electron chi connectivity index (χ1n) is 12.3. The Morgan fingerprint density at radius 1 is 0.385 bits per heavy atom. The molecule has 0 atom stereocenters. The normalized spacial score (nSPS) is 11.5. The molecule has 2 nitrogen and oxygen atoms in total. The van der Waals surface area contributed by atoms with E-state index in [1.54, 1.807) is 0 Å². The number of hydrogen-bond acceptors (Lipinski definition) is 1. The number of hydroxylamine groups is 2. The van der Waals surface area contributed by atoms with Crippen LogP contribution in [-0.4, -0.2) is 13.1 Å². The van der Waals surface area contributed by atoms with Gasteiger partial charge in [-0.05, 0) is 25.7 Å². The van der Waals surface area contributed by atoms with Crippen LogP contribution >= 0.6 is 0 Å². The Bertz CT molecular complexity index is 220. The Hall–Kier alpha value is -0.0800. The molecule has 26 heavy (non-hydrogen) atoms. The standard InChI is InChI=1S/C24H51NO/c1-3-5-7-9-11-13-15-17-19-21-23-25(26)24-22-20-18-16-14-12-10-8-6-4-2/h25H,3-24H2,1-2H3. The molecular formula is C24H51NO. The molecule has 0 aromatic carbocycles. The van der Waals surface area contributed by atoms with Crippen LogP contribution in [0, 0.1) is 5.21 Å². The highest BCUT2D eigenvalue weighted by molar-refractivity contribution is 4.49. The summed E-state index contributed by atoms with van der Waals surface area (Å²) in [4.78, 5) is 0. The van der Waals surface area contributed by atoms with Crippen LogP contribution in [0.1, 0.15) is 142 Å². The highest BCUT2D eigenvalue weighted by Crippen LogP contribution is 2.11. The lowest BCUT2D eigenvalue weighted by atomic mass is 10.1. The molecule has 0 spiro atoms. The molecule has 0 radical (unpaired) electrons. The zero-order valence-electron chi connectivity index (χ0n) is 18.5. The minimum absolute atomic E-state index is 0.518. The predicted molar refractivity (Wildman–Crippen MR) is 118 cm³/mol. The van der Waals surface area contributed by atoms with Crippen LogP contribution < -0.4 is 5.06 Å². The fraction of sp³-hybridized carbons (Fsp3) is 1.00. The van der Waals surface area contributed by atoms with Gasteiger partial charge in [-0.3, -0.25) is 0 Å². The summed E-state index contributed by atoms with van der Waals surface area (Å²) in [6.45, 7) is 6.23. The van der Waals surface area contributed by atoms with E-state index >= 15 is 0 Å². The maximum absolute atomic E-state index is 11.9. The van der Waals surface area contributed by atoms with E-state index in [0.29, 0.717) is 5.06 Å². The van der Waals surface area contributed by atoms with E-state index in [0.717, 1.165) is 25.9 Å². The quantitative estimate of drug-likeness (QED) is 0.158. The molecule has 0 aliphatic heterocycles. The van der Waals surface area contributed by atoms with Crippen LogP contribution in [0.4, 0.5) is 0 Å². The Morgan fingerprint density at radius 3 is 0.885 bits per heavy atom. The lowest BCUT2D eigenvalue weighted by Crippen LogP contribution is -3.07. The van der Waals surface area contributed by atoms with Gasteiger partial charge in [0.1, 0.15) is 0 Å². The van der Waals surface area contributed by atoms with Crippen LogP contribution in [0.3, 0.4) is 0 Å². The largest absolute Gasteiger partial charge is 0.634 e. The molecule has 0 rings (SSSR count). The first-order chi connectivity index (χ1) is 12.8. The van der Waals surface area contributed by atoms with Crippen LogP contribution in [0.25, 0.3) is 0 Å². The van der Waals surface area contributed by atoms with Crippen LogP contribution in [0.2, 0.25) is 0 Å². The van der Waals surface area contributed by atoms with E-state index in [2.05, 4.69) is 13.8 Å². The maximum atomic E-state index is 11.9. The second-order valence-corrected chi connectivity index (χ2v) is 8.40. The molecule has 0 amide bonds. The minimum atomic E-state index is 0.518. The summed E-state index contributed by atoms with van der Waals surface area (Å²) in [5, 5.41) is 12.4. The van der Waals surface area contributed by atoms with E-state index in [4.69, 9.17) is 0 Å². The van der Waals surface area contributed by atoms with Gasteiger partial charge < -0.3 is 10.3 Å². The first kappa shape index (κ1) is 25.9. The second kappa shape index (κ2) is 23.0. The molecule has 0 fully saturated rings. The van der Waals surface area contributed by atoms with Crippen molar-refractivity contribution in [2.24, 2.45) is 0 Å². The van der Waals surface area contributed by atoms with Gasteiger partial charge in [-0.2, -0.15) is 0 Å². The van der Waals surface area contributed by atoms with Crippen molar-refractivity contribution in [3.63, 3.8) is 0 Å². The van der Waals surface area contributed by atoms with Gasteiger partial charge >= 0.3 is 0 Å². The summed E-state index contributed by atoms with van der Waals surface area (Å²) in [6, 6.07) is 0. The highest BCUT2D eigenvalue weighted by Gasteiger charge is 1.99. The molecule has 0 heterocycles. The van der Waals surface area contributed by atoms with Crippen molar-refractivity contribution in [2.75, 3.05) is 13.1 Å². The summed E-state index contributed by atoms with van der Waals surface area (Å²) in [7, 11) is 0. The molecule has 0 aromatic heterocycles. The lowest BCUT2D eigenvalue weighted by Gasteiger charge is -2.22. The molecule has 0 saturated heterocycles. The van der Waals surface area contributed by atoms with Gasteiger partial charge in [0.25, 0.3) is 0 Å². The summed E-state index contributed by atoms with van der Waals surface area (Å²) in [6.07, 6.45) is 27.0. The average Bonchev–Trinajstić information content (AvgIpc) is 2.64. The number of unbranched alkanes of at least 4 members (excludes halogenated alkanes) is 18. The number of hydrogen-bond donors (Lipinski definition) is 1.